The van der Waals surface area contributed by atoms with Gasteiger partial charge in [0.1, 0.15) is 5.76 Å². The molecule has 3 rings (SSSR count). The number of hydrogen-bond donors (Lipinski definition) is 0. The Bertz CT molecular complexity index is 594. The molecule has 1 aromatic heterocycles. The Morgan fingerprint density at radius 3 is 2.68 bits per heavy atom. The average molecular weight is 256 g/mol. The van der Waals surface area contributed by atoms with Gasteiger partial charge in [-0.2, -0.15) is 0 Å². The van der Waals surface area contributed by atoms with E-state index in [0.717, 1.165) is 17.0 Å². The zero-order valence-corrected chi connectivity index (χ0v) is 12.0. The van der Waals surface area contributed by atoms with Gasteiger partial charge in [-0.15, -0.1) is 0 Å². The summed E-state index contributed by atoms with van der Waals surface area (Å²) in [6.45, 7) is 3.98. The van der Waals surface area contributed by atoms with Gasteiger partial charge in [-0.3, -0.25) is 0 Å². The van der Waals surface area contributed by atoms with E-state index in [1.165, 1.54) is 29.5 Å². The third-order valence-electron chi connectivity index (χ3n) is 4.14. The predicted octanol–water partition coefficient (Wildman–Crippen LogP) is 3.51. The maximum Gasteiger partial charge on any atom is 0.141 e. The molecule has 100 valence electrons. The van der Waals surface area contributed by atoms with Gasteiger partial charge < -0.3 is 9.42 Å². The molecule has 0 N–H and O–H groups in total. The van der Waals surface area contributed by atoms with Crippen molar-refractivity contribution in [3.63, 3.8) is 0 Å². The van der Waals surface area contributed by atoms with Crippen molar-refractivity contribution in [1.29, 1.82) is 0 Å². The van der Waals surface area contributed by atoms with Gasteiger partial charge in [-0.25, -0.2) is 0 Å². The van der Waals surface area contributed by atoms with Gasteiger partial charge in [0, 0.05) is 11.6 Å². The lowest BCUT2D eigenvalue weighted by atomic mass is 9.98. The highest BCUT2D eigenvalue weighted by molar-refractivity contribution is 5.69. The summed E-state index contributed by atoms with van der Waals surface area (Å²) in [6.07, 6.45) is 2.40. The topological polar surface area (TPSA) is 29.3 Å². The van der Waals surface area contributed by atoms with E-state index in [9.17, 15) is 0 Å². The van der Waals surface area contributed by atoms with Gasteiger partial charge in [0.15, 0.2) is 0 Å². The molecular formula is C16H20N2O. The van der Waals surface area contributed by atoms with Crippen molar-refractivity contribution in [2.24, 2.45) is 0 Å². The van der Waals surface area contributed by atoms with Crippen LogP contribution >= 0.6 is 0 Å². The minimum Gasteiger partial charge on any atom is -0.361 e. The van der Waals surface area contributed by atoms with Crippen LogP contribution < -0.4 is 0 Å². The van der Waals surface area contributed by atoms with Crippen LogP contribution in [-0.2, 0) is 6.42 Å². The zero-order valence-electron chi connectivity index (χ0n) is 12.0. The van der Waals surface area contributed by atoms with Crippen LogP contribution in [0.25, 0.3) is 11.1 Å². The highest BCUT2D eigenvalue weighted by Gasteiger charge is 2.25. The van der Waals surface area contributed by atoms with E-state index < -0.39 is 0 Å². The first-order valence-electron chi connectivity index (χ1n) is 6.80. The summed E-state index contributed by atoms with van der Waals surface area (Å²) in [4.78, 5) is 2.31. The normalized spacial score (nSPS) is 18.1. The van der Waals surface area contributed by atoms with Gasteiger partial charge >= 0.3 is 0 Å². The molecule has 0 fully saturated rings. The Balaban J connectivity index is 2.09. The molecule has 1 atom stereocenters. The second-order valence-electron chi connectivity index (χ2n) is 5.63. The number of hydrogen-bond acceptors (Lipinski definition) is 3. The lowest BCUT2D eigenvalue weighted by molar-refractivity contribution is 0.299. The van der Waals surface area contributed by atoms with Gasteiger partial charge in [0.05, 0.1) is 5.69 Å². The van der Waals surface area contributed by atoms with Crippen molar-refractivity contribution < 1.29 is 4.52 Å². The number of aryl methyl sites for hydroxylation is 3. The highest BCUT2D eigenvalue weighted by Crippen LogP contribution is 2.38. The summed E-state index contributed by atoms with van der Waals surface area (Å²) in [5.74, 6) is 0.900. The molecule has 0 radical (unpaired) electrons. The second-order valence-corrected chi connectivity index (χ2v) is 5.63. The summed E-state index contributed by atoms with van der Waals surface area (Å²) < 4.78 is 5.28. The number of benzene rings is 1. The zero-order chi connectivity index (χ0) is 13.6. The second kappa shape index (κ2) is 4.49. The van der Waals surface area contributed by atoms with Crippen LogP contribution in [0.1, 0.15) is 35.0 Å². The van der Waals surface area contributed by atoms with Crippen molar-refractivity contribution in [2.45, 2.75) is 32.7 Å². The van der Waals surface area contributed by atoms with E-state index in [2.05, 4.69) is 42.4 Å². The molecule has 1 aliphatic rings. The van der Waals surface area contributed by atoms with E-state index in [4.69, 9.17) is 4.52 Å². The van der Waals surface area contributed by atoms with Crippen LogP contribution in [0.4, 0.5) is 0 Å². The van der Waals surface area contributed by atoms with Crippen LogP contribution in [0, 0.1) is 13.8 Å². The SMILES string of the molecule is Cc1noc(C)c1-c1ccc2c(c1)C(N(C)C)CC2. The fourth-order valence-corrected chi connectivity index (χ4v) is 3.17. The first kappa shape index (κ1) is 12.4. The Hall–Kier alpha value is -1.61. The summed E-state index contributed by atoms with van der Waals surface area (Å²) >= 11 is 0. The Kier molecular flexibility index (Phi) is 2.94. The van der Waals surface area contributed by atoms with Crippen molar-refractivity contribution in [1.82, 2.24) is 10.1 Å². The lowest BCUT2D eigenvalue weighted by Gasteiger charge is -2.20. The van der Waals surface area contributed by atoms with Crippen LogP contribution in [0.2, 0.25) is 0 Å². The van der Waals surface area contributed by atoms with Crippen LogP contribution in [0.3, 0.4) is 0 Å². The fourth-order valence-electron chi connectivity index (χ4n) is 3.17. The fraction of sp³-hybridized carbons (Fsp3) is 0.438. The van der Waals surface area contributed by atoms with E-state index in [0.29, 0.717) is 6.04 Å². The summed E-state index contributed by atoms with van der Waals surface area (Å²) in [7, 11) is 4.31. The Morgan fingerprint density at radius 1 is 1.26 bits per heavy atom. The number of fused-ring (bicyclic) bond motifs is 1. The van der Waals surface area contributed by atoms with Crippen molar-refractivity contribution in [3.05, 3.63) is 40.8 Å². The van der Waals surface area contributed by atoms with Crippen molar-refractivity contribution >= 4 is 0 Å². The van der Waals surface area contributed by atoms with Gasteiger partial charge in [-0.1, -0.05) is 17.3 Å². The number of nitrogens with zero attached hydrogens (tertiary/aromatic N) is 2. The molecule has 1 heterocycles. The van der Waals surface area contributed by atoms with Crippen molar-refractivity contribution in [2.75, 3.05) is 14.1 Å². The first-order chi connectivity index (χ1) is 9.08. The molecule has 3 nitrogen and oxygen atoms in total. The maximum absolute atomic E-state index is 5.28. The van der Waals surface area contributed by atoms with Gasteiger partial charge in [-0.05, 0) is 63.5 Å². The minimum absolute atomic E-state index is 0.537. The summed E-state index contributed by atoms with van der Waals surface area (Å²) in [6, 6.07) is 7.32. The monoisotopic (exact) mass is 256 g/mol. The summed E-state index contributed by atoms with van der Waals surface area (Å²) in [5.41, 5.74) is 6.28. The third kappa shape index (κ3) is 1.98. The van der Waals surface area contributed by atoms with Gasteiger partial charge in [0.2, 0.25) is 0 Å². The van der Waals surface area contributed by atoms with Crippen LogP contribution in [0.15, 0.2) is 22.7 Å². The molecule has 19 heavy (non-hydrogen) atoms. The number of rotatable bonds is 2. The first-order valence-corrected chi connectivity index (χ1v) is 6.80. The van der Waals surface area contributed by atoms with Gasteiger partial charge in [0.25, 0.3) is 0 Å². The predicted molar refractivity (Wildman–Crippen MR) is 76.2 cm³/mol. The van der Waals surface area contributed by atoms with Crippen LogP contribution in [0.5, 0.6) is 0 Å². The minimum atomic E-state index is 0.537. The molecular weight excluding hydrogens is 236 g/mol. The highest BCUT2D eigenvalue weighted by atomic mass is 16.5. The Morgan fingerprint density at radius 2 is 2.05 bits per heavy atom. The summed E-state index contributed by atoms with van der Waals surface area (Å²) in [5, 5.41) is 4.05. The average Bonchev–Trinajstić information content (AvgIpc) is 2.92. The quantitative estimate of drug-likeness (QED) is 0.823. The van der Waals surface area contributed by atoms with E-state index in [1.807, 2.05) is 13.8 Å². The van der Waals surface area contributed by atoms with Crippen LogP contribution in [-0.4, -0.2) is 24.2 Å². The van der Waals surface area contributed by atoms with Crippen molar-refractivity contribution in [3.8, 4) is 11.1 Å². The lowest BCUT2D eigenvalue weighted by Crippen LogP contribution is -2.17. The number of aromatic nitrogens is 1. The third-order valence-corrected chi connectivity index (χ3v) is 4.14. The largest absolute Gasteiger partial charge is 0.361 e. The molecule has 0 bridgehead atoms. The van der Waals surface area contributed by atoms with E-state index >= 15 is 0 Å². The van der Waals surface area contributed by atoms with E-state index in [-0.39, 0.29) is 0 Å². The Labute approximate surface area is 114 Å². The molecule has 1 unspecified atom stereocenters. The molecule has 3 heteroatoms. The molecule has 2 aromatic rings. The molecule has 0 spiro atoms. The maximum atomic E-state index is 5.28. The molecule has 1 aliphatic carbocycles. The standard InChI is InChI=1S/C16H20N2O/c1-10-16(11(2)19-17-10)13-6-5-12-7-8-15(18(3)4)14(12)9-13/h5-6,9,15H,7-8H2,1-4H3. The molecule has 0 saturated carbocycles. The molecule has 0 saturated heterocycles. The smallest absolute Gasteiger partial charge is 0.141 e. The van der Waals surface area contributed by atoms with E-state index in [1.54, 1.807) is 0 Å². The molecule has 0 amide bonds. The molecule has 1 aromatic carbocycles. The molecule has 0 aliphatic heterocycles.